The molecule has 10 heteroatoms. The summed E-state index contributed by atoms with van der Waals surface area (Å²) in [7, 11) is 0. The van der Waals surface area contributed by atoms with Crippen molar-refractivity contribution >= 4 is 23.2 Å². The highest BCUT2D eigenvalue weighted by atomic mass is 19.3. The van der Waals surface area contributed by atoms with Crippen LogP contribution in [0.5, 0.6) is 0 Å². The molecule has 8 nitrogen and oxygen atoms in total. The number of rotatable bonds is 5. The van der Waals surface area contributed by atoms with E-state index in [0.717, 1.165) is 0 Å². The summed E-state index contributed by atoms with van der Waals surface area (Å²) in [6.07, 6.45) is 4.15. The lowest BCUT2D eigenvalue weighted by Gasteiger charge is -2.15. The third-order valence-electron chi connectivity index (χ3n) is 4.03. The molecule has 0 atom stereocenters. The van der Waals surface area contributed by atoms with Crippen molar-refractivity contribution in [1.29, 1.82) is 5.26 Å². The van der Waals surface area contributed by atoms with E-state index in [2.05, 4.69) is 36.6 Å². The van der Waals surface area contributed by atoms with Crippen LogP contribution in [0.1, 0.15) is 30.8 Å². The Bertz CT molecular complexity index is 1150. The number of hydrogen-bond donors (Lipinski definition) is 2. The SMILES string of the molecule is CC(=O)Nc1cc(Nc2ccnc(C(C)(F)F)n2)c(-c2cc(C)c(C#N)cn2)cn1. The zero-order valence-electron chi connectivity index (χ0n) is 16.4. The number of carbonyl (C=O) groups is 1. The van der Waals surface area contributed by atoms with Gasteiger partial charge < -0.3 is 10.6 Å². The van der Waals surface area contributed by atoms with E-state index in [1.54, 1.807) is 13.0 Å². The van der Waals surface area contributed by atoms with Crippen molar-refractivity contribution in [1.82, 2.24) is 19.9 Å². The number of aromatic nitrogens is 4. The first-order chi connectivity index (χ1) is 14.2. The monoisotopic (exact) mass is 409 g/mol. The summed E-state index contributed by atoms with van der Waals surface area (Å²) in [5.74, 6) is -3.75. The van der Waals surface area contributed by atoms with Gasteiger partial charge in [-0.3, -0.25) is 9.78 Å². The van der Waals surface area contributed by atoms with E-state index < -0.39 is 11.7 Å². The van der Waals surface area contributed by atoms with Gasteiger partial charge >= 0.3 is 5.92 Å². The maximum absolute atomic E-state index is 13.6. The molecule has 1 amide bonds. The molecule has 0 aliphatic heterocycles. The highest BCUT2D eigenvalue weighted by molar-refractivity contribution is 5.89. The molecule has 3 rings (SSSR count). The molecule has 3 heterocycles. The van der Waals surface area contributed by atoms with Crippen LogP contribution in [-0.2, 0) is 10.7 Å². The van der Waals surface area contributed by atoms with Crippen LogP contribution in [0.25, 0.3) is 11.3 Å². The first kappa shape index (κ1) is 20.7. The summed E-state index contributed by atoms with van der Waals surface area (Å²) in [5.41, 5.74) is 2.61. The molecule has 0 spiro atoms. The number of pyridine rings is 2. The Hall–Kier alpha value is -4.00. The maximum atomic E-state index is 13.6. The minimum Gasteiger partial charge on any atom is -0.339 e. The fourth-order valence-electron chi connectivity index (χ4n) is 2.61. The van der Waals surface area contributed by atoms with Crippen molar-refractivity contribution in [2.45, 2.75) is 26.7 Å². The van der Waals surface area contributed by atoms with Crippen molar-refractivity contribution in [3.8, 4) is 17.3 Å². The number of nitrogens with one attached hydrogen (secondary N) is 2. The minimum atomic E-state index is -3.20. The van der Waals surface area contributed by atoms with Gasteiger partial charge in [-0.2, -0.15) is 14.0 Å². The number of nitrogens with zero attached hydrogens (tertiary/aromatic N) is 5. The normalized spacial score (nSPS) is 10.9. The number of carbonyl (C=O) groups excluding carboxylic acids is 1. The van der Waals surface area contributed by atoms with Crippen molar-refractivity contribution < 1.29 is 13.6 Å². The molecule has 0 fully saturated rings. The number of halogens is 2. The van der Waals surface area contributed by atoms with E-state index in [0.29, 0.717) is 35.0 Å². The Balaban J connectivity index is 2.08. The molecular formula is C20H17F2N7O. The summed E-state index contributed by atoms with van der Waals surface area (Å²) in [6.45, 7) is 3.83. The van der Waals surface area contributed by atoms with E-state index >= 15 is 0 Å². The summed E-state index contributed by atoms with van der Waals surface area (Å²) in [5, 5.41) is 14.6. The van der Waals surface area contributed by atoms with Gasteiger partial charge in [0.2, 0.25) is 11.7 Å². The molecule has 0 radical (unpaired) electrons. The van der Waals surface area contributed by atoms with Gasteiger partial charge in [0.1, 0.15) is 17.7 Å². The molecule has 0 unspecified atom stereocenters. The second kappa shape index (κ2) is 8.16. The third kappa shape index (κ3) is 4.70. The van der Waals surface area contributed by atoms with Gasteiger partial charge in [-0.25, -0.2) is 15.0 Å². The molecule has 2 N–H and O–H groups in total. The zero-order chi connectivity index (χ0) is 21.9. The Labute approximate surface area is 171 Å². The lowest BCUT2D eigenvalue weighted by molar-refractivity contribution is -0.114. The van der Waals surface area contributed by atoms with Gasteiger partial charge in [-0.15, -0.1) is 0 Å². The Morgan fingerprint density at radius 2 is 1.93 bits per heavy atom. The number of nitriles is 1. The van der Waals surface area contributed by atoms with E-state index in [4.69, 9.17) is 5.26 Å². The highest BCUT2D eigenvalue weighted by Gasteiger charge is 2.28. The topological polar surface area (TPSA) is 116 Å². The van der Waals surface area contributed by atoms with Gasteiger partial charge in [0.25, 0.3) is 0 Å². The number of hydrogen-bond acceptors (Lipinski definition) is 7. The van der Waals surface area contributed by atoms with Crippen LogP contribution in [0.15, 0.2) is 36.8 Å². The molecular weight excluding hydrogens is 392 g/mol. The Kier molecular flexibility index (Phi) is 5.64. The molecule has 152 valence electrons. The van der Waals surface area contributed by atoms with Crippen LogP contribution in [0.4, 0.5) is 26.1 Å². The maximum Gasteiger partial charge on any atom is 0.303 e. The van der Waals surface area contributed by atoms with Crippen LogP contribution in [-0.4, -0.2) is 25.8 Å². The van der Waals surface area contributed by atoms with Crippen LogP contribution < -0.4 is 10.6 Å². The lowest BCUT2D eigenvalue weighted by Crippen LogP contribution is -2.13. The van der Waals surface area contributed by atoms with Crippen molar-refractivity contribution in [2.75, 3.05) is 10.6 Å². The van der Waals surface area contributed by atoms with Gasteiger partial charge in [-0.1, -0.05) is 0 Å². The molecule has 0 aliphatic carbocycles. The standard InChI is InChI=1S/C20H17F2N7O/c1-11-6-15(25-9-13(11)8-23)14-10-26-18(27-12(2)30)7-16(14)28-17-4-5-24-19(29-17)20(3,21)22/h4-7,9-10H,1-3H3,(H2,24,26,27,28,29,30). The van der Waals surface area contributed by atoms with E-state index in [1.165, 1.54) is 37.6 Å². The van der Waals surface area contributed by atoms with Gasteiger partial charge in [0.05, 0.1) is 16.9 Å². The average molecular weight is 409 g/mol. The lowest BCUT2D eigenvalue weighted by atomic mass is 10.1. The van der Waals surface area contributed by atoms with E-state index in [-0.39, 0.29) is 17.5 Å². The summed E-state index contributed by atoms with van der Waals surface area (Å²) in [4.78, 5) is 27.3. The fraction of sp³-hybridized carbons (Fsp3) is 0.200. The van der Waals surface area contributed by atoms with E-state index in [9.17, 15) is 13.6 Å². The van der Waals surface area contributed by atoms with Crippen molar-refractivity contribution in [3.63, 3.8) is 0 Å². The van der Waals surface area contributed by atoms with Crippen LogP contribution in [0, 0.1) is 18.3 Å². The van der Waals surface area contributed by atoms with Crippen molar-refractivity contribution in [2.24, 2.45) is 0 Å². The number of aryl methyl sites for hydroxylation is 1. The molecule has 0 saturated heterocycles. The molecule has 0 aliphatic rings. The average Bonchev–Trinajstić information content (AvgIpc) is 2.67. The molecule has 0 aromatic carbocycles. The Morgan fingerprint density at radius 3 is 2.57 bits per heavy atom. The largest absolute Gasteiger partial charge is 0.339 e. The molecule has 0 bridgehead atoms. The quantitative estimate of drug-likeness (QED) is 0.656. The first-order valence-electron chi connectivity index (χ1n) is 8.80. The predicted octanol–water partition coefficient (Wildman–Crippen LogP) is 3.93. The second-order valence-corrected chi connectivity index (χ2v) is 6.57. The number of amides is 1. The van der Waals surface area contributed by atoms with Gasteiger partial charge in [-0.05, 0) is 24.6 Å². The summed E-state index contributed by atoms with van der Waals surface area (Å²) < 4.78 is 27.2. The van der Waals surface area contributed by atoms with Crippen LogP contribution >= 0.6 is 0 Å². The second-order valence-electron chi connectivity index (χ2n) is 6.57. The van der Waals surface area contributed by atoms with Crippen LogP contribution in [0.3, 0.4) is 0 Å². The Morgan fingerprint density at radius 1 is 1.17 bits per heavy atom. The number of alkyl halides is 2. The first-order valence-corrected chi connectivity index (χ1v) is 8.80. The minimum absolute atomic E-state index is 0.133. The fourth-order valence-corrected chi connectivity index (χ4v) is 2.61. The molecule has 3 aromatic rings. The third-order valence-corrected chi connectivity index (χ3v) is 4.03. The van der Waals surface area contributed by atoms with Gasteiger partial charge in [0.15, 0.2) is 0 Å². The van der Waals surface area contributed by atoms with Gasteiger partial charge in [0, 0.05) is 44.1 Å². The molecule has 30 heavy (non-hydrogen) atoms. The number of anilines is 3. The predicted molar refractivity (Wildman–Crippen MR) is 106 cm³/mol. The molecule has 0 saturated carbocycles. The van der Waals surface area contributed by atoms with E-state index in [1.807, 2.05) is 0 Å². The molecule has 3 aromatic heterocycles. The van der Waals surface area contributed by atoms with Crippen LogP contribution in [0.2, 0.25) is 0 Å². The summed E-state index contributed by atoms with van der Waals surface area (Å²) in [6, 6.07) is 6.74. The van der Waals surface area contributed by atoms with Crippen molar-refractivity contribution in [3.05, 3.63) is 53.7 Å². The smallest absolute Gasteiger partial charge is 0.303 e. The highest BCUT2D eigenvalue weighted by Crippen LogP contribution is 2.32. The zero-order valence-corrected chi connectivity index (χ0v) is 16.4. The summed E-state index contributed by atoms with van der Waals surface area (Å²) >= 11 is 0.